The van der Waals surface area contributed by atoms with Crippen LogP contribution >= 0.6 is 0 Å². The fourth-order valence-corrected chi connectivity index (χ4v) is 1.61. The molecule has 6 nitrogen and oxygen atoms in total. The second-order valence-electron chi connectivity index (χ2n) is 4.65. The largest absolute Gasteiger partial charge is 0.384 e. The van der Waals surface area contributed by atoms with Gasteiger partial charge in [0.15, 0.2) is 0 Å². The van der Waals surface area contributed by atoms with Crippen LogP contribution in [0.25, 0.3) is 0 Å². The third-order valence-corrected chi connectivity index (χ3v) is 2.32. The average molecular weight is 264 g/mol. The van der Waals surface area contributed by atoms with Crippen LogP contribution in [-0.4, -0.2) is 29.4 Å². The molecule has 1 rings (SSSR count). The summed E-state index contributed by atoms with van der Waals surface area (Å²) in [5.74, 6) is -0.0297. The zero-order chi connectivity index (χ0) is 14.4. The molecule has 0 radical (unpaired) electrons. The smallest absolute Gasteiger partial charge is 0.251 e. The maximum Gasteiger partial charge on any atom is 0.251 e. The normalized spacial score (nSPS) is 10.3. The third-order valence-electron chi connectivity index (χ3n) is 2.32. The molecule has 0 aliphatic heterocycles. The second kappa shape index (κ2) is 6.72. The van der Waals surface area contributed by atoms with Crippen LogP contribution < -0.4 is 16.4 Å². The fourth-order valence-electron chi connectivity index (χ4n) is 1.61. The number of carbonyl (C=O) groups is 2. The molecule has 0 unspecified atom stereocenters. The van der Waals surface area contributed by atoms with E-state index in [0.29, 0.717) is 23.6 Å². The lowest BCUT2D eigenvalue weighted by Crippen LogP contribution is -2.34. The van der Waals surface area contributed by atoms with Gasteiger partial charge in [-0.25, -0.2) is 4.98 Å². The topological polar surface area (TPSA) is 97.1 Å². The molecule has 19 heavy (non-hydrogen) atoms. The van der Waals surface area contributed by atoms with Crippen LogP contribution in [0.15, 0.2) is 12.1 Å². The number of carbonyl (C=O) groups excluding carboxylic acids is 2. The van der Waals surface area contributed by atoms with Crippen LogP contribution in [0, 0.1) is 6.92 Å². The number of hydrogen-bond acceptors (Lipinski definition) is 4. The summed E-state index contributed by atoms with van der Waals surface area (Å²) in [6, 6.07) is 3.27. The van der Waals surface area contributed by atoms with Gasteiger partial charge in [-0.15, -0.1) is 0 Å². The van der Waals surface area contributed by atoms with Crippen LogP contribution in [0.4, 0.5) is 5.82 Å². The van der Waals surface area contributed by atoms with Crippen LogP contribution in [0.1, 0.15) is 36.3 Å². The minimum atomic E-state index is -0.255. The van der Waals surface area contributed by atoms with E-state index in [1.165, 1.54) is 6.07 Å². The van der Waals surface area contributed by atoms with Crippen molar-refractivity contribution in [1.29, 1.82) is 0 Å². The summed E-state index contributed by atoms with van der Waals surface area (Å²) in [5, 5.41) is 5.43. The lowest BCUT2D eigenvalue weighted by molar-refractivity contribution is -0.121. The van der Waals surface area contributed by atoms with Crippen molar-refractivity contribution in [3.63, 3.8) is 0 Å². The molecule has 4 N–H and O–H groups in total. The lowest BCUT2D eigenvalue weighted by atomic mass is 10.2. The maximum absolute atomic E-state index is 11.8. The Morgan fingerprint density at radius 2 is 2.05 bits per heavy atom. The van der Waals surface area contributed by atoms with Gasteiger partial charge in [-0.2, -0.15) is 0 Å². The van der Waals surface area contributed by atoms with Crippen molar-refractivity contribution in [2.75, 3.05) is 12.3 Å². The molecule has 1 aromatic rings. The Bertz CT molecular complexity index is 451. The standard InChI is InChI=1S/C13H20N4O2/c1-8(2)16-12(18)4-5-15-13(19)10-6-9(3)17-11(14)7-10/h6-8H,4-5H2,1-3H3,(H2,14,17)(H,15,19)(H,16,18). The van der Waals surface area contributed by atoms with Gasteiger partial charge in [-0.05, 0) is 32.9 Å². The van der Waals surface area contributed by atoms with Gasteiger partial charge in [0.05, 0.1) is 0 Å². The van der Waals surface area contributed by atoms with E-state index in [2.05, 4.69) is 15.6 Å². The van der Waals surface area contributed by atoms with E-state index in [1.54, 1.807) is 13.0 Å². The van der Waals surface area contributed by atoms with Crippen molar-refractivity contribution in [2.45, 2.75) is 33.2 Å². The number of nitrogens with one attached hydrogen (secondary N) is 2. The first-order valence-electron chi connectivity index (χ1n) is 6.20. The second-order valence-corrected chi connectivity index (χ2v) is 4.65. The van der Waals surface area contributed by atoms with Gasteiger partial charge < -0.3 is 16.4 Å². The fraction of sp³-hybridized carbons (Fsp3) is 0.462. The van der Waals surface area contributed by atoms with Gasteiger partial charge in [0.25, 0.3) is 5.91 Å². The molecule has 0 saturated heterocycles. The number of rotatable bonds is 5. The third kappa shape index (κ3) is 5.37. The summed E-state index contributed by atoms with van der Waals surface area (Å²) < 4.78 is 0. The van der Waals surface area contributed by atoms with Gasteiger partial charge in [0.2, 0.25) is 5.91 Å². The van der Waals surface area contributed by atoms with E-state index >= 15 is 0 Å². The zero-order valence-electron chi connectivity index (χ0n) is 11.5. The van der Waals surface area contributed by atoms with E-state index < -0.39 is 0 Å². The number of aryl methyl sites for hydroxylation is 1. The number of anilines is 1. The lowest BCUT2D eigenvalue weighted by Gasteiger charge is -2.09. The van der Waals surface area contributed by atoms with Gasteiger partial charge >= 0.3 is 0 Å². The highest BCUT2D eigenvalue weighted by Crippen LogP contribution is 2.06. The Morgan fingerprint density at radius 3 is 2.63 bits per heavy atom. The number of hydrogen-bond donors (Lipinski definition) is 3. The molecule has 1 heterocycles. The predicted molar refractivity (Wildman–Crippen MR) is 73.6 cm³/mol. The van der Waals surface area contributed by atoms with Crippen LogP contribution in [0.2, 0.25) is 0 Å². The maximum atomic E-state index is 11.8. The van der Waals surface area contributed by atoms with Crippen molar-refractivity contribution >= 4 is 17.6 Å². The number of amides is 2. The van der Waals surface area contributed by atoms with Crippen molar-refractivity contribution in [2.24, 2.45) is 0 Å². The zero-order valence-corrected chi connectivity index (χ0v) is 11.5. The Balaban J connectivity index is 2.45. The highest BCUT2D eigenvalue weighted by Gasteiger charge is 2.08. The van der Waals surface area contributed by atoms with Crippen LogP contribution in [-0.2, 0) is 4.79 Å². The van der Waals surface area contributed by atoms with Crippen molar-refractivity contribution in [1.82, 2.24) is 15.6 Å². The van der Waals surface area contributed by atoms with Gasteiger partial charge in [-0.1, -0.05) is 0 Å². The summed E-state index contributed by atoms with van der Waals surface area (Å²) in [5.41, 5.74) is 6.71. The number of nitrogens with two attached hydrogens (primary N) is 1. The first kappa shape index (κ1) is 14.9. The number of nitrogen functional groups attached to an aromatic ring is 1. The van der Waals surface area contributed by atoms with Crippen LogP contribution in [0.3, 0.4) is 0 Å². The number of aromatic nitrogens is 1. The molecule has 0 aliphatic rings. The van der Waals surface area contributed by atoms with Gasteiger partial charge in [0, 0.05) is 30.3 Å². The SMILES string of the molecule is Cc1cc(C(=O)NCCC(=O)NC(C)C)cc(N)n1. The average Bonchev–Trinajstić information content (AvgIpc) is 2.26. The predicted octanol–water partition coefficient (Wildman–Crippen LogP) is 0.617. The van der Waals surface area contributed by atoms with Crippen molar-refractivity contribution in [3.05, 3.63) is 23.4 Å². The first-order chi connectivity index (χ1) is 8.88. The summed E-state index contributed by atoms with van der Waals surface area (Å²) in [4.78, 5) is 27.2. The summed E-state index contributed by atoms with van der Waals surface area (Å²) in [6.45, 7) is 5.83. The Kier molecular flexibility index (Phi) is 5.29. The molecule has 0 fully saturated rings. The molecular formula is C13H20N4O2. The molecule has 1 aromatic heterocycles. The summed E-state index contributed by atoms with van der Waals surface area (Å²) >= 11 is 0. The molecular weight excluding hydrogens is 244 g/mol. The molecule has 0 atom stereocenters. The molecule has 0 saturated carbocycles. The Hall–Kier alpha value is -2.11. The molecule has 0 aromatic carbocycles. The van der Waals surface area contributed by atoms with Crippen LogP contribution in [0.5, 0.6) is 0 Å². The van der Waals surface area contributed by atoms with E-state index in [9.17, 15) is 9.59 Å². The molecule has 2 amide bonds. The monoisotopic (exact) mass is 264 g/mol. The minimum absolute atomic E-state index is 0.0827. The van der Waals surface area contributed by atoms with Gasteiger partial charge in [0.1, 0.15) is 5.82 Å². The molecule has 0 bridgehead atoms. The number of pyridine rings is 1. The van der Waals surface area contributed by atoms with E-state index in [-0.39, 0.29) is 24.3 Å². The molecule has 0 spiro atoms. The molecule has 0 aliphatic carbocycles. The molecule has 6 heteroatoms. The van der Waals surface area contributed by atoms with Crippen molar-refractivity contribution in [3.8, 4) is 0 Å². The Morgan fingerprint density at radius 1 is 1.37 bits per heavy atom. The quantitative estimate of drug-likeness (QED) is 0.726. The van der Waals surface area contributed by atoms with E-state index in [0.717, 1.165) is 0 Å². The first-order valence-corrected chi connectivity index (χ1v) is 6.20. The highest BCUT2D eigenvalue weighted by atomic mass is 16.2. The number of nitrogens with zero attached hydrogens (tertiary/aromatic N) is 1. The summed E-state index contributed by atoms with van der Waals surface area (Å²) in [7, 11) is 0. The molecule has 104 valence electrons. The Labute approximate surface area is 112 Å². The van der Waals surface area contributed by atoms with E-state index in [4.69, 9.17) is 5.73 Å². The van der Waals surface area contributed by atoms with E-state index in [1.807, 2.05) is 13.8 Å². The van der Waals surface area contributed by atoms with Crippen molar-refractivity contribution < 1.29 is 9.59 Å². The summed E-state index contributed by atoms with van der Waals surface area (Å²) in [6.07, 6.45) is 0.253. The highest BCUT2D eigenvalue weighted by molar-refractivity contribution is 5.95. The minimum Gasteiger partial charge on any atom is -0.384 e. The van der Waals surface area contributed by atoms with Gasteiger partial charge in [-0.3, -0.25) is 9.59 Å².